The van der Waals surface area contributed by atoms with Crippen LogP contribution in [0, 0.1) is 0 Å². The van der Waals surface area contributed by atoms with Gasteiger partial charge in [0.05, 0.1) is 12.2 Å². The van der Waals surface area contributed by atoms with Crippen LogP contribution in [0.1, 0.15) is 17.3 Å². The molecule has 0 fully saturated rings. The molecule has 2 heterocycles. The second-order valence-corrected chi connectivity index (χ2v) is 3.35. The Kier molecular flexibility index (Phi) is 3.40. The van der Waals surface area contributed by atoms with Gasteiger partial charge in [0.2, 0.25) is 0 Å². The summed E-state index contributed by atoms with van der Waals surface area (Å²) in [6.07, 6.45) is 5.21. The van der Waals surface area contributed by atoms with Crippen molar-refractivity contribution in [2.45, 2.75) is 6.92 Å². The number of carbonyl (C=O) groups is 1. The van der Waals surface area contributed by atoms with E-state index >= 15 is 0 Å². The number of hydrogen-bond acceptors (Lipinski definition) is 4. The van der Waals surface area contributed by atoms with Crippen molar-refractivity contribution in [3.8, 4) is 0 Å². The number of ether oxygens (including phenoxy) is 1. The fraction of sp³-hybridized carbons (Fsp3) is 0.167. The first-order valence-electron chi connectivity index (χ1n) is 5.33. The number of carbonyl (C=O) groups excluding carboxylic acids is 1. The Morgan fingerprint density at radius 2 is 2.18 bits per heavy atom. The molecule has 0 radical (unpaired) electrons. The second kappa shape index (κ2) is 5.16. The van der Waals surface area contributed by atoms with E-state index in [1.165, 1.54) is 6.20 Å². The van der Waals surface area contributed by atoms with Crippen LogP contribution in [0.15, 0.2) is 42.9 Å². The van der Waals surface area contributed by atoms with E-state index < -0.39 is 0 Å². The summed E-state index contributed by atoms with van der Waals surface area (Å²) < 4.78 is 6.64. The van der Waals surface area contributed by atoms with E-state index in [9.17, 15) is 4.79 Å². The fourth-order valence-corrected chi connectivity index (χ4v) is 1.34. The molecule has 2 aromatic rings. The molecular weight excluding hydrogens is 218 g/mol. The summed E-state index contributed by atoms with van der Waals surface area (Å²) in [5, 5.41) is 0. The fourth-order valence-electron chi connectivity index (χ4n) is 1.34. The zero-order valence-electron chi connectivity index (χ0n) is 9.46. The number of pyridine rings is 1. The van der Waals surface area contributed by atoms with Crippen molar-refractivity contribution in [1.29, 1.82) is 0 Å². The summed E-state index contributed by atoms with van der Waals surface area (Å²) in [4.78, 5) is 15.5. The van der Waals surface area contributed by atoms with E-state index in [-0.39, 0.29) is 5.97 Å². The smallest absolute Gasteiger partial charge is 0.339 e. The SMILES string of the molecule is CCOC(=O)c1ccc(Nn2cccc2)nc1. The highest BCUT2D eigenvalue weighted by molar-refractivity contribution is 5.89. The largest absolute Gasteiger partial charge is 0.462 e. The van der Waals surface area contributed by atoms with Crippen LogP contribution in [0.5, 0.6) is 0 Å². The molecule has 0 aliphatic carbocycles. The first-order valence-corrected chi connectivity index (χ1v) is 5.33. The van der Waals surface area contributed by atoms with Gasteiger partial charge >= 0.3 is 5.97 Å². The van der Waals surface area contributed by atoms with Crippen molar-refractivity contribution in [3.05, 3.63) is 48.4 Å². The minimum absolute atomic E-state index is 0.354. The maximum absolute atomic E-state index is 11.4. The Balaban J connectivity index is 2.05. The van der Waals surface area contributed by atoms with Crippen LogP contribution in [0.3, 0.4) is 0 Å². The first kappa shape index (κ1) is 11.2. The van der Waals surface area contributed by atoms with E-state index in [0.29, 0.717) is 18.0 Å². The summed E-state index contributed by atoms with van der Waals surface area (Å²) in [5.41, 5.74) is 3.48. The Morgan fingerprint density at radius 3 is 2.76 bits per heavy atom. The summed E-state index contributed by atoms with van der Waals surface area (Å²) in [6.45, 7) is 2.13. The average Bonchev–Trinajstić information content (AvgIpc) is 2.83. The number of rotatable bonds is 4. The molecule has 0 aliphatic heterocycles. The molecule has 0 atom stereocenters. The molecule has 0 bridgehead atoms. The van der Waals surface area contributed by atoms with Crippen molar-refractivity contribution in [2.24, 2.45) is 0 Å². The van der Waals surface area contributed by atoms with Gasteiger partial charge < -0.3 is 4.74 Å². The normalized spacial score (nSPS) is 9.94. The molecule has 0 amide bonds. The second-order valence-electron chi connectivity index (χ2n) is 3.35. The molecule has 0 aliphatic rings. The van der Waals surface area contributed by atoms with Crippen LogP contribution in [-0.2, 0) is 4.74 Å². The van der Waals surface area contributed by atoms with E-state index in [1.807, 2.05) is 24.5 Å². The van der Waals surface area contributed by atoms with Crippen molar-refractivity contribution in [1.82, 2.24) is 9.66 Å². The summed E-state index contributed by atoms with van der Waals surface area (Å²) in [6, 6.07) is 7.21. The molecule has 88 valence electrons. The van der Waals surface area contributed by atoms with Gasteiger partial charge in [-0.3, -0.25) is 10.1 Å². The zero-order chi connectivity index (χ0) is 12.1. The van der Waals surface area contributed by atoms with E-state index in [1.54, 1.807) is 23.7 Å². The molecule has 2 rings (SSSR count). The standard InChI is InChI=1S/C12H13N3O2/c1-2-17-12(16)10-5-6-11(13-9-10)14-15-7-3-4-8-15/h3-9H,2H2,1H3,(H,13,14). The van der Waals surface area contributed by atoms with Gasteiger partial charge in [0, 0.05) is 18.6 Å². The van der Waals surface area contributed by atoms with Crippen molar-refractivity contribution in [3.63, 3.8) is 0 Å². The zero-order valence-corrected chi connectivity index (χ0v) is 9.46. The molecule has 5 nitrogen and oxygen atoms in total. The van der Waals surface area contributed by atoms with E-state index in [4.69, 9.17) is 4.74 Å². The molecule has 1 N–H and O–H groups in total. The predicted molar refractivity (Wildman–Crippen MR) is 63.6 cm³/mol. The Bertz CT molecular complexity index is 477. The number of esters is 1. The van der Waals surface area contributed by atoms with Crippen LogP contribution < -0.4 is 5.43 Å². The number of anilines is 1. The van der Waals surface area contributed by atoms with Crippen molar-refractivity contribution < 1.29 is 9.53 Å². The lowest BCUT2D eigenvalue weighted by atomic mass is 10.3. The summed E-state index contributed by atoms with van der Waals surface area (Å²) >= 11 is 0. The minimum atomic E-state index is -0.354. The average molecular weight is 231 g/mol. The number of nitrogens with one attached hydrogen (secondary N) is 1. The lowest BCUT2D eigenvalue weighted by Gasteiger charge is -2.06. The monoisotopic (exact) mass is 231 g/mol. The van der Waals surface area contributed by atoms with Gasteiger partial charge in [-0.1, -0.05) is 0 Å². The Labute approximate surface area is 99.0 Å². The number of nitrogens with zero attached hydrogens (tertiary/aromatic N) is 2. The number of hydrogen-bond donors (Lipinski definition) is 1. The number of aromatic nitrogens is 2. The topological polar surface area (TPSA) is 56.1 Å². The lowest BCUT2D eigenvalue weighted by molar-refractivity contribution is 0.0526. The molecular formula is C12H13N3O2. The molecule has 0 unspecified atom stereocenters. The Hall–Kier alpha value is -2.30. The third kappa shape index (κ3) is 2.84. The van der Waals surface area contributed by atoms with Crippen LogP contribution in [0.4, 0.5) is 5.82 Å². The van der Waals surface area contributed by atoms with Gasteiger partial charge in [0.15, 0.2) is 0 Å². The molecule has 0 aromatic carbocycles. The molecule has 0 saturated heterocycles. The molecule has 2 aromatic heterocycles. The van der Waals surface area contributed by atoms with Crippen molar-refractivity contribution >= 4 is 11.8 Å². The van der Waals surface area contributed by atoms with Gasteiger partial charge in [0.25, 0.3) is 0 Å². The quantitative estimate of drug-likeness (QED) is 0.817. The predicted octanol–water partition coefficient (Wildman–Crippen LogP) is 1.93. The van der Waals surface area contributed by atoms with Gasteiger partial charge in [-0.25, -0.2) is 9.78 Å². The Morgan fingerprint density at radius 1 is 1.41 bits per heavy atom. The van der Waals surface area contributed by atoms with Gasteiger partial charge in [-0.2, -0.15) is 0 Å². The maximum atomic E-state index is 11.4. The van der Waals surface area contributed by atoms with Crippen LogP contribution in [0.25, 0.3) is 0 Å². The van der Waals surface area contributed by atoms with Crippen LogP contribution in [0.2, 0.25) is 0 Å². The van der Waals surface area contributed by atoms with Crippen molar-refractivity contribution in [2.75, 3.05) is 12.0 Å². The first-order chi connectivity index (χ1) is 8.29. The van der Waals surface area contributed by atoms with Gasteiger partial charge in [0.1, 0.15) is 5.82 Å². The molecule has 17 heavy (non-hydrogen) atoms. The maximum Gasteiger partial charge on any atom is 0.339 e. The van der Waals surface area contributed by atoms with E-state index in [2.05, 4.69) is 10.4 Å². The molecule has 0 saturated carbocycles. The minimum Gasteiger partial charge on any atom is -0.462 e. The highest BCUT2D eigenvalue weighted by atomic mass is 16.5. The summed E-state index contributed by atoms with van der Waals surface area (Å²) in [7, 11) is 0. The van der Waals surface area contributed by atoms with Crippen LogP contribution in [-0.4, -0.2) is 22.2 Å². The van der Waals surface area contributed by atoms with Gasteiger partial charge in [-0.05, 0) is 31.2 Å². The molecule has 5 heteroatoms. The lowest BCUT2D eigenvalue weighted by Crippen LogP contribution is -2.09. The molecule has 0 spiro atoms. The van der Waals surface area contributed by atoms with E-state index in [0.717, 1.165) is 0 Å². The van der Waals surface area contributed by atoms with Crippen LogP contribution >= 0.6 is 0 Å². The highest BCUT2D eigenvalue weighted by Crippen LogP contribution is 2.06. The summed E-state index contributed by atoms with van der Waals surface area (Å²) in [5.74, 6) is 0.307. The van der Waals surface area contributed by atoms with Gasteiger partial charge in [-0.15, -0.1) is 0 Å². The third-order valence-corrected chi connectivity index (χ3v) is 2.12. The highest BCUT2D eigenvalue weighted by Gasteiger charge is 2.06. The third-order valence-electron chi connectivity index (χ3n) is 2.12.